The molecular formula is C18H20ClNO2. The van der Waals surface area contributed by atoms with Crippen LogP contribution in [0.4, 0.5) is 5.69 Å². The summed E-state index contributed by atoms with van der Waals surface area (Å²) in [4.78, 5) is 24.6. The molecule has 0 atom stereocenters. The highest BCUT2D eigenvalue weighted by molar-refractivity contribution is 6.14. The Balaban J connectivity index is 0.00000242. The molecular weight excluding hydrogens is 298 g/mol. The fourth-order valence-corrected chi connectivity index (χ4v) is 2.50. The third-order valence-electron chi connectivity index (χ3n) is 3.83. The average Bonchev–Trinajstić information content (AvgIpc) is 2.45. The van der Waals surface area contributed by atoms with Crippen LogP contribution in [0.15, 0.2) is 36.4 Å². The summed E-state index contributed by atoms with van der Waals surface area (Å²) in [7, 11) is 0. The van der Waals surface area contributed by atoms with Gasteiger partial charge in [-0.1, -0.05) is 30.3 Å². The number of rotatable bonds is 4. The summed E-state index contributed by atoms with van der Waals surface area (Å²) in [6, 6.07) is 10.7. The van der Waals surface area contributed by atoms with E-state index in [0.29, 0.717) is 16.8 Å². The van der Waals surface area contributed by atoms with Crippen LogP contribution < -0.4 is 5.73 Å². The van der Waals surface area contributed by atoms with Crippen molar-refractivity contribution in [2.24, 2.45) is 0 Å². The standard InChI is InChI=1S/C18H19NO2.ClH/c1-11-9-15(19)12(2)13(3)18(11)17(21)10-16(20)14-7-5-4-6-8-14;/h4-9H,10,19H2,1-3H3;1H. The predicted molar refractivity (Wildman–Crippen MR) is 92.0 cm³/mol. The molecule has 2 rings (SSSR count). The van der Waals surface area contributed by atoms with E-state index in [1.165, 1.54) is 0 Å². The van der Waals surface area contributed by atoms with Gasteiger partial charge in [-0.25, -0.2) is 0 Å². The van der Waals surface area contributed by atoms with Crippen LogP contribution in [0.5, 0.6) is 0 Å². The number of nitrogen functional groups attached to an aromatic ring is 1. The predicted octanol–water partition coefficient (Wildman–Crippen LogP) is 4.07. The van der Waals surface area contributed by atoms with Crippen molar-refractivity contribution >= 4 is 29.7 Å². The van der Waals surface area contributed by atoms with Crippen LogP contribution in [-0.4, -0.2) is 11.6 Å². The van der Waals surface area contributed by atoms with Crippen LogP contribution in [0.25, 0.3) is 0 Å². The first-order valence-electron chi connectivity index (χ1n) is 6.89. The van der Waals surface area contributed by atoms with E-state index in [0.717, 1.165) is 16.7 Å². The molecule has 4 heteroatoms. The van der Waals surface area contributed by atoms with Gasteiger partial charge in [-0.15, -0.1) is 12.4 Å². The summed E-state index contributed by atoms with van der Waals surface area (Å²) in [5.74, 6) is -0.309. The van der Waals surface area contributed by atoms with Crippen molar-refractivity contribution in [3.8, 4) is 0 Å². The summed E-state index contributed by atoms with van der Waals surface area (Å²) >= 11 is 0. The molecule has 0 saturated carbocycles. The fourth-order valence-electron chi connectivity index (χ4n) is 2.50. The van der Waals surface area contributed by atoms with E-state index >= 15 is 0 Å². The van der Waals surface area contributed by atoms with Crippen molar-refractivity contribution in [1.29, 1.82) is 0 Å². The highest BCUT2D eigenvalue weighted by atomic mass is 35.5. The second kappa shape index (κ2) is 7.23. The second-order valence-electron chi connectivity index (χ2n) is 5.30. The number of hydrogen-bond donors (Lipinski definition) is 1. The van der Waals surface area contributed by atoms with Crippen molar-refractivity contribution in [1.82, 2.24) is 0 Å². The minimum absolute atomic E-state index is 0. The molecule has 0 amide bonds. The Hall–Kier alpha value is -2.13. The summed E-state index contributed by atoms with van der Waals surface area (Å²) in [6.45, 7) is 5.61. The van der Waals surface area contributed by atoms with Crippen molar-refractivity contribution < 1.29 is 9.59 Å². The van der Waals surface area contributed by atoms with Gasteiger partial charge in [-0.3, -0.25) is 9.59 Å². The first kappa shape index (κ1) is 17.9. The molecule has 0 fully saturated rings. The minimum Gasteiger partial charge on any atom is -0.398 e. The number of halogens is 1. The van der Waals surface area contributed by atoms with E-state index in [4.69, 9.17) is 5.73 Å². The molecule has 0 aliphatic heterocycles. The van der Waals surface area contributed by atoms with Crippen molar-refractivity contribution in [2.45, 2.75) is 27.2 Å². The lowest BCUT2D eigenvalue weighted by Gasteiger charge is -2.13. The number of carbonyl (C=O) groups is 2. The third kappa shape index (κ3) is 3.55. The summed E-state index contributed by atoms with van der Waals surface area (Å²) in [5.41, 5.74) is 10.3. The van der Waals surface area contributed by atoms with Crippen molar-refractivity contribution in [3.63, 3.8) is 0 Å². The molecule has 2 N–H and O–H groups in total. The first-order chi connectivity index (χ1) is 9.91. The smallest absolute Gasteiger partial charge is 0.171 e. The minimum atomic E-state index is -0.158. The molecule has 0 heterocycles. The molecule has 0 unspecified atom stereocenters. The lowest BCUT2D eigenvalue weighted by atomic mass is 9.91. The highest BCUT2D eigenvalue weighted by Crippen LogP contribution is 2.25. The zero-order valence-corrected chi connectivity index (χ0v) is 13.8. The number of anilines is 1. The second-order valence-corrected chi connectivity index (χ2v) is 5.30. The van der Waals surface area contributed by atoms with E-state index in [1.807, 2.05) is 26.8 Å². The Bertz CT molecular complexity index is 709. The number of hydrogen-bond acceptors (Lipinski definition) is 3. The molecule has 0 radical (unpaired) electrons. The fraction of sp³-hybridized carbons (Fsp3) is 0.222. The van der Waals surface area contributed by atoms with E-state index in [1.54, 1.807) is 30.3 Å². The third-order valence-corrected chi connectivity index (χ3v) is 3.83. The average molecular weight is 318 g/mol. The normalized spacial score (nSPS) is 9.95. The van der Waals surface area contributed by atoms with Gasteiger partial charge in [0.05, 0.1) is 6.42 Å². The molecule has 2 aromatic carbocycles. The highest BCUT2D eigenvalue weighted by Gasteiger charge is 2.19. The van der Waals surface area contributed by atoms with Gasteiger partial charge in [-0.2, -0.15) is 0 Å². The maximum Gasteiger partial charge on any atom is 0.171 e. The quantitative estimate of drug-likeness (QED) is 0.525. The van der Waals surface area contributed by atoms with E-state index < -0.39 is 0 Å². The lowest BCUT2D eigenvalue weighted by Crippen LogP contribution is -2.13. The van der Waals surface area contributed by atoms with Gasteiger partial charge in [-0.05, 0) is 43.5 Å². The van der Waals surface area contributed by atoms with Gasteiger partial charge in [0, 0.05) is 16.8 Å². The van der Waals surface area contributed by atoms with Gasteiger partial charge in [0.2, 0.25) is 0 Å². The zero-order chi connectivity index (χ0) is 15.6. The van der Waals surface area contributed by atoms with Gasteiger partial charge < -0.3 is 5.73 Å². The monoisotopic (exact) mass is 317 g/mol. The summed E-state index contributed by atoms with van der Waals surface area (Å²) in [6.07, 6.45) is -0.116. The Morgan fingerprint density at radius 1 is 0.955 bits per heavy atom. The van der Waals surface area contributed by atoms with Crippen LogP contribution in [0.1, 0.15) is 43.8 Å². The summed E-state index contributed by atoms with van der Waals surface area (Å²) in [5, 5.41) is 0. The number of benzene rings is 2. The molecule has 0 spiro atoms. The van der Waals surface area contributed by atoms with Crippen LogP contribution in [0.3, 0.4) is 0 Å². The van der Waals surface area contributed by atoms with Crippen molar-refractivity contribution in [2.75, 3.05) is 5.73 Å². The van der Waals surface area contributed by atoms with Crippen LogP contribution >= 0.6 is 12.4 Å². The first-order valence-corrected chi connectivity index (χ1v) is 6.89. The molecule has 0 saturated heterocycles. The van der Waals surface area contributed by atoms with E-state index in [9.17, 15) is 9.59 Å². The molecule has 116 valence electrons. The zero-order valence-electron chi connectivity index (χ0n) is 13.0. The number of nitrogens with two attached hydrogens (primary N) is 1. The molecule has 2 aromatic rings. The van der Waals surface area contributed by atoms with Crippen LogP contribution in [0.2, 0.25) is 0 Å². The summed E-state index contributed by atoms with van der Waals surface area (Å²) < 4.78 is 0. The van der Waals surface area contributed by atoms with E-state index in [2.05, 4.69) is 0 Å². The maximum atomic E-state index is 12.5. The molecule has 0 bridgehead atoms. The van der Waals surface area contributed by atoms with Crippen LogP contribution in [-0.2, 0) is 0 Å². The molecule has 0 aliphatic carbocycles. The molecule has 0 aliphatic rings. The number of carbonyl (C=O) groups excluding carboxylic acids is 2. The number of ketones is 2. The Kier molecular flexibility index (Phi) is 5.89. The lowest BCUT2D eigenvalue weighted by molar-refractivity contribution is 0.0893. The molecule has 3 nitrogen and oxygen atoms in total. The molecule has 0 aromatic heterocycles. The topological polar surface area (TPSA) is 60.2 Å². The Morgan fingerprint density at radius 3 is 2.14 bits per heavy atom. The Labute approximate surface area is 136 Å². The van der Waals surface area contributed by atoms with E-state index in [-0.39, 0.29) is 30.4 Å². The van der Waals surface area contributed by atoms with Crippen LogP contribution in [0, 0.1) is 20.8 Å². The largest absolute Gasteiger partial charge is 0.398 e. The maximum absolute atomic E-state index is 12.5. The van der Waals surface area contributed by atoms with Gasteiger partial charge in [0.25, 0.3) is 0 Å². The molecule has 22 heavy (non-hydrogen) atoms. The number of Topliss-reactive ketones (excluding diaryl/α,β-unsaturated/α-hetero) is 2. The Morgan fingerprint density at radius 2 is 1.55 bits per heavy atom. The van der Waals surface area contributed by atoms with Gasteiger partial charge in [0.1, 0.15) is 0 Å². The van der Waals surface area contributed by atoms with Gasteiger partial charge in [0.15, 0.2) is 11.6 Å². The van der Waals surface area contributed by atoms with Gasteiger partial charge >= 0.3 is 0 Å². The number of aryl methyl sites for hydroxylation is 1. The van der Waals surface area contributed by atoms with Crippen molar-refractivity contribution in [3.05, 3.63) is 64.2 Å². The SMILES string of the molecule is Cc1cc(N)c(C)c(C)c1C(=O)CC(=O)c1ccccc1.Cl.